The number of aromatic nitrogens is 2. The molecule has 0 bridgehead atoms. The van der Waals surface area contributed by atoms with Crippen LogP contribution in [0.15, 0.2) is 18.3 Å². The third-order valence-electron chi connectivity index (χ3n) is 7.53. The third-order valence-corrected chi connectivity index (χ3v) is 7.53. The van der Waals surface area contributed by atoms with Crippen LogP contribution in [0.2, 0.25) is 0 Å². The van der Waals surface area contributed by atoms with Crippen LogP contribution in [0.25, 0.3) is 0 Å². The molecule has 2 fully saturated rings. The molecule has 0 unspecified atom stereocenters. The number of urea groups is 1. The van der Waals surface area contributed by atoms with Crippen molar-refractivity contribution < 1.29 is 18.4 Å². The van der Waals surface area contributed by atoms with Gasteiger partial charge in [0, 0.05) is 32.7 Å². The summed E-state index contributed by atoms with van der Waals surface area (Å²) in [7, 11) is 1.66. The molecule has 204 valence electrons. The lowest BCUT2D eigenvalue weighted by Gasteiger charge is -2.45. The van der Waals surface area contributed by atoms with Crippen LogP contribution >= 0.6 is 0 Å². The fraction of sp³-hybridized carbons (Fsp3) is 0.538. The third kappa shape index (κ3) is 5.09. The number of nitrogens with zero attached hydrogens (tertiary/aromatic N) is 6. The zero-order chi connectivity index (χ0) is 26.8. The Morgan fingerprint density at radius 3 is 2.55 bits per heavy atom. The number of rotatable bonds is 8. The van der Waals surface area contributed by atoms with E-state index in [-0.39, 0.29) is 29.3 Å². The summed E-state index contributed by atoms with van der Waals surface area (Å²) in [4.78, 5) is 38.0. The van der Waals surface area contributed by atoms with Gasteiger partial charge in [-0.15, -0.1) is 0 Å². The first-order chi connectivity index (χ1) is 18.4. The summed E-state index contributed by atoms with van der Waals surface area (Å²) in [5.41, 5.74) is 0.00721. The van der Waals surface area contributed by atoms with E-state index >= 15 is 0 Å². The van der Waals surface area contributed by atoms with Crippen LogP contribution in [0.5, 0.6) is 0 Å². The maximum absolute atomic E-state index is 15.0. The predicted octanol–water partition coefficient (Wildman–Crippen LogP) is 3.88. The standard InChI is InChI=1S/C26H34F2N8O2/c1-3-35-26(38)33(2)22-16-30-25(32-23(22)36(35)17-8-4-5-9-17)31-21-15-19(27)18(14-20(21)28)24(37)29-10-13-34-11-6-7-12-34/h14-17H,3-13H2,1-2H3,(H,29,37)(H,30,31,32). The summed E-state index contributed by atoms with van der Waals surface area (Å²) < 4.78 is 29.9. The number of carbonyl (C=O) groups excluding carboxylic acids is 2. The number of hydrogen-bond donors (Lipinski definition) is 2. The molecule has 3 heterocycles. The van der Waals surface area contributed by atoms with E-state index in [0.717, 1.165) is 63.7 Å². The summed E-state index contributed by atoms with van der Waals surface area (Å²) in [6.45, 7) is 5.40. The van der Waals surface area contributed by atoms with Crippen molar-refractivity contribution in [2.24, 2.45) is 0 Å². The van der Waals surface area contributed by atoms with Crippen molar-refractivity contribution in [2.45, 2.75) is 51.5 Å². The average molecular weight is 529 g/mol. The Labute approximate surface area is 221 Å². The van der Waals surface area contributed by atoms with E-state index in [9.17, 15) is 18.4 Å². The zero-order valence-corrected chi connectivity index (χ0v) is 21.8. The van der Waals surface area contributed by atoms with Crippen LogP contribution in [0.3, 0.4) is 0 Å². The zero-order valence-electron chi connectivity index (χ0n) is 21.8. The van der Waals surface area contributed by atoms with Gasteiger partial charge < -0.3 is 15.5 Å². The first kappa shape index (κ1) is 26.1. The van der Waals surface area contributed by atoms with Crippen molar-refractivity contribution in [2.75, 3.05) is 55.0 Å². The molecule has 0 spiro atoms. The average Bonchev–Trinajstić information content (AvgIpc) is 3.63. The summed E-state index contributed by atoms with van der Waals surface area (Å²) in [5, 5.41) is 9.01. The van der Waals surface area contributed by atoms with Crippen LogP contribution in [0.4, 0.5) is 36.7 Å². The Hall–Kier alpha value is -3.54. The summed E-state index contributed by atoms with van der Waals surface area (Å²) in [6.07, 6.45) is 7.78. The van der Waals surface area contributed by atoms with Crippen LogP contribution in [-0.2, 0) is 0 Å². The summed E-state index contributed by atoms with van der Waals surface area (Å²) >= 11 is 0. The number of nitrogens with one attached hydrogen (secondary N) is 2. The molecule has 3 aliphatic rings. The highest BCUT2D eigenvalue weighted by Gasteiger charge is 2.39. The molecule has 38 heavy (non-hydrogen) atoms. The Bertz CT molecular complexity index is 1200. The van der Waals surface area contributed by atoms with E-state index in [0.29, 0.717) is 31.1 Å². The van der Waals surface area contributed by atoms with E-state index < -0.39 is 17.5 Å². The predicted molar refractivity (Wildman–Crippen MR) is 141 cm³/mol. The number of likely N-dealkylation sites (tertiary alicyclic amines) is 1. The van der Waals surface area contributed by atoms with Gasteiger partial charge in [0.05, 0.1) is 23.5 Å². The van der Waals surface area contributed by atoms with Crippen molar-refractivity contribution in [1.82, 2.24) is 25.2 Å². The molecule has 5 rings (SSSR count). The first-order valence-electron chi connectivity index (χ1n) is 13.4. The molecule has 1 aliphatic carbocycles. The van der Waals surface area contributed by atoms with Crippen molar-refractivity contribution >= 4 is 35.1 Å². The van der Waals surface area contributed by atoms with Gasteiger partial charge in [-0.1, -0.05) is 12.8 Å². The number of hydrogen-bond acceptors (Lipinski definition) is 7. The number of anilines is 4. The van der Waals surface area contributed by atoms with Gasteiger partial charge >= 0.3 is 6.03 Å². The molecule has 0 radical (unpaired) electrons. The molecule has 1 aromatic heterocycles. The molecule has 2 N–H and O–H groups in total. The number of amides is 3. The molecule has 0 atom stereocenters. The second-order valence-electron chi connectivity index (χ2n) is 9.98. The molecule has 12 heteroatoms. The van der Waals surface area contributed by atoms with Gasteiger partial charge in [0.1, 0.15) is 17.3 Å². The van der Waals surface area contributed by atoms with E-state index in [1.54, 1.807) is 12.1 Å². The van der Waals surface area contributed by atoms with Crippen molar-refractivity contribution in [3.63, 3.8) is 0 Å². The number of halogens is 2. The van der Waals surface area contributed by atoms with Crippen LogP contribution in [-0.4, -0.2) is 77.6 Å². The summed E-state index contributed by atoms with van der Waals surface area (Å²) in [6, 6.07) is 1.78. The highest BCUT2D eigenvalue weighted by Crippen LogP contribution is 2.39. The first-order valence-corrected chi connectivity index (χ1v) is 13.4. The van der Waals surface area contributed by atoms with Crippen LogP contribution in [0, 0.1) is 11.6 Å². The number of carbonyl (C=O) groups is 2. The highest BCUT2D eigenvalue weighted by molar-refractivity contribution is 5.98. The van der Waals surface area contributed by atoms with Crippen LogP contribution in [0.1, 0.15) is 55.8 Å². The number of hydrazine groups is 1. The van der Waals surface area contributed by atoms with E-state index in [4.69, 9.17) is 0 Å². The smallest absolute Gasteiger partial charge is 0.343 e. The van der Waals surface area contributed by atoms with Gasteiger partial charge in [-0.05, 0) is 51.8 Å². The molecular weight excluding hydrogens is 494 g/mol. The molecular formula is C26H34F2N8O2. The maximum atomic E-state index is 15.0. The van der Waals surface area contributed by atoms with Crippen molar-refractivity contribution in [1.29, 1.82) is 0 Å². The Kier molecular flexibility index (Phi) is 7.59. The number of fused-ring (bicyclic) bond motifs is 1. The topological polar surface area (TPSA) is 96.9 Å². The van der Waals surface area contributed by atoms with E-state index in [2.05, 4.69) is 25.5 Å². The maximum Gasteiger partial charge on any atom is 0.343 e. The fourth-order valence-electron chi connectivity index (χ4n) is 5.49. The molecule has 10 nitrogen and oxygen atoms in total. The van der Waals surface area contributed by atoms with Gasteiger partial charge in [0.15, 0.2) is 5.82 Å². The molecule has 1 saturated carbocycles. The largest absolute Gasteiger partial charge is 0.351 e. The Morgan fingerprint density at radius 1 is 1.11 bits per heavy atom. The minimum absolute atomic E-state index is 0.0617. The SMILES string of the molecule is CCN1C(=O)N(C)c2cnc(Nc3cc(F)c(C(=O)NCCN4CCCC4)cc3F)nc2N1C1CCCC1. The van der Waals surface area contributed by atoms with Crippen LogP contribution < -0.4 is 20.5 Å². The van der Waals surface area contributed by atoms with E-state index in [1.165, 1.54) is 11.1 Å². The summed E-state index contributed by atoms with van der Waals surface area (Å²) in [5.74, 6) is -1.70. The highest BCUT2D eigenvalue weighted by atomic mass is 19.1. The molecule has 1 saturated heterocycles. The molecule has 2 aromatic rings. The van der Waals surface area contributed by atoms with Crippen molar-refractivity contribution in [3.05, 3.63) is 35.5 Å². The number of benzene rings is 1. The monoisotopic (exact) mass is 528 g/mol. The second kappa shape index (κ2) is 11.1. The quantitative estimate of drug-likeness (QED) is 0.537. The van der Waals surface area contributed by atoms with Gasteiger partial charge in [-0.25, -0.2) is 23.6 Å². The molecule has 3 amide bonds. The van der Waals surface area contributed by atoms with Gasteiger partial charge in [0.25, 0.3) is 5.91 Å². The Morgan fingerprint density at radius 2 is 1.84 bits per heavy atom. The lowest BCUT2D eigenvalue weighted by atomic mass is 10.1. The fourth-order valence-corrected chi connectivity index (χ4v) is 5.49. The van der Waals surface area contributed by atoms with Gasteiger partial charge in [0.2, 0.25) is 5.95 Å². The van der Waals surface area contributed by atoms with Gasteiger partial charge in [-0.2, -0.15) is 4.98 Å². The lowest BCUT2D eigenvalue weighted by Crippen LogP contribution is -2.59. The van der Waals surface area contributed by atoms with Gasteiger partial charge in [-0.3, -0.25) is 14.7 Å². The van der Waals surface area contributed by atoms with E-state index in [1.807, 2.05) is 11.9 Å². The normalized spacial score (nSPS) is 18.3. The molecule has 2 aliphatic heterocycles. The minimum Gasteiger partial charge on any atom is -0.351 e. The lowest BCUT2D eigenvalue weighted by molar-refractivity contribution is 0.0945. The Balaban J connectivity index is 1.35. The van der Waals surface area contributed by atoms with Crippen molar-refractivity contribution in [3.8, 4) is 0 Å². The minimum atomic E-state index is -0.847. The molecule has 1 aromatic carbocycles. The second-order valence-corrected chi connectivity index (χ2v) is 9.98.